The number of amides is 1. The van der Waals surface area contributed by atoms with Crippen molar-refractivity contribution in [2.75, 3.05) is 7.05 Å². The van der Waals surface area contributed by atoms with Crippen molar-refractivity contribution in [3.05, 3.63) is 36.5 Å². The minimum Gasteiger partial charge on any atom is -0.355 e. The van der Waals surface area contributed by atoms with E-state index in [2.05, 4.69) is 17.2 Å². The molecule has 0 saturated carbocycles. The summed E-state index contributed by atoms with van der Waals surface area (Å²) >= 11 is 0. The summed E-state index contributed by atoms with van der Waals surface area (Å²) in [7, 11) is 1.58. The van der Waals surface area contributed by atoms with E-state index in [1.165, 1.54) is 0 Å². The normalized spacial score (nSPS) is 9.27. The van der Waals surface area contributed by atoms with Crippen LogP contribution in [0.4, 0.5) is 0 Å². The van der Waals surface area contributed by atoms with Gasteiger partial charge in [-0.1, -0.05) is 0 Å². The largest absolute Gasteiger partial charge is 0.355 e. The van der Waals surface area contributed by atoms with Crippen LogP contribution in [0.2, 0.25) is 0 Å². The average molecular weight is 149 g/mol. The zero-order valence-electron chi connectivity index (χ0n) is 6.29. The van der Waals surface area contributed by atoms with Gasteiger partial charge in [-0.2, -0.15) is 0 Å². The Morgan fingerprint density at radius 2 is 2.45 bits per heavy atom. The third kappa shape index (κ3) is 1.55. The molecule has 57 valence electrons. The van der Waals surface area contributed by atoms with E-state index in [-0.39, 0.29) is 5.91 Å². The lowest BCUT2D eigenvalue weighted by Crippen LogP contribution is -2.19. The smallest absolute Gasteiger partial charge is 0.252 e. The maximum atomic E-state index is 11.0. The van der Waals surface area contributed by atoms with Crippen LogP contribution in [0.1, 0.15) is 16.1 Å². The molecular formula is C8H9N2O. The molecule has 0 aromatic carbocycles. The van der Waals surface area contributed by atoms with Crippen LogP contribution >= 0.6 is 0 Å². The summed E-state index contributed by atoms with van der Waals surface area (Å²) in [4.78, 5) is 14.9. The molecule has 0 atom stereocenters. The lowest BCUT2D eigenvalue weighted by Gasteiger charge is -2.00. The summed E-state index contributed by atoms with van der Waals surface area (Å²) in [6.45, 7) is 3.62. The number of aromatic nitrogens is 1. The first-order valence-corrected chi connectivity index (χ1v) is 3.24. The first-order valence-electron chi connectivity index (χ1n) is 3.24. The molecular weight excluding hydrogens is 140 g/mol. The fraction of sp³-hybridized carbons (Fsp3) is 0.125. The van der Waals surface area contributed by atoms with Gasteiger partial charge in [0.25, 0.3) is 5.91 Å². The minimum atomic E-state index is -0.150. The van der Waals surface area contributed by atoms with Gasteiger partial charge in [-0.15, -0.1) is 0 Å². The summed E-state index contributed by atoms with van der Waals surface area (Å²) in [5.74, 6) is -0.150. The van der Waals surface area contributed by atoms with Crippen LogP contribution in [0.3, 0.4) is 0 Å². The standard InChI is InChI=1S/C8H9N2O/c1-6-7(8(11)9-2)4-3-5-10-6/h3-5H,1H2,2H3,(H,9,11). The quantitative estimate of drug-likeness (QED) is 0.636. The van der Waals surface area contributed by atoms with E-state index in [1.807, 2.05) is 0 Å². The maximum Gasteiger partial charge on any atom is 0.252 e. The second kappa shape index (κ2) is 3.14. The van der Waals surface area contributed by atoms with Crippen LogP contribution < -0.4 is 5.32 Å². The summed E-state index contributed by atoms with van der Waals surface area (Å²) in [6.07, 6.45) is 1.61. The first kappa shape index (κ1) is 7.72. The van der Waals surface area contributed by atoms with Crippen LogP contribution in [0, 0.1) is 6.92 Å². The topological polar surface area (TPSA) is 42.0 Å². The third-order valence-electron chi connectivity index (χ3n) is 1.36. The maximum absolute atomic E-state index is 11.0. The Kier molecular flexibility index (Phi) is 2.21. The predicted octanol–water partition coefficient (Wildman–Crippen LogP) is 0.623. The van der Waals surface area contributed by atoms with Crippen molar-refractivity contribution >= 4 is 5.91 Å². The summed E-state index contributed by atoms with van der Waals surface area (Å²) < 4.78 is 0. The molecule has 1 amide bonds. The number of nitrogens with zero attached hydrogens (tertiary/aromatic N) is 1. The Bertz CT molecular complexity index is 271. The van der Waals surface area contributed by atoms with Crippen LogP contribution in [0.15, 0.2) is 18.3 Å². The molecule has 1 aromatic heterocycles. The second-order valence-corrected chi connectivity index (χ2v) is 2.08. The Balaban J connectivity index is 3.03. The Labute approximate surface area is 65.5 Å². The van der Waals surface area contributed by atoms with E-state index >= 15 is 0 Å². The van der Waals surface area contributed by atoms with Gasteiger partial charge in [0.1, 0.15) is 0 Å². The van der Waals surface area contributed by atoms with Crippen molar-refractivity contribution in [1.29, 1.82) is 0 Å². The molecule has 3 heteroatoms. The monoisotopic (exact) mass is 149 g/mol. The van der Waals surface area contributed by atoms with Gasteiger partial charge >= 0.3 is 0 Å². The fourth-order valence-electron chi connectivity index (χ4n) is 0.779. The van der Waals surface area contributed by atoms with Crippen molar-refractivity contribution in [3.63, 3.8) is 0 Å². The average Bonchev–Trinajstić information content (AvgIpc) is 2.04. The highest BCUT2D eigenvalue weighted by atomic mass is 16.1. The number of rotatable bonds is 1. The number of hydrogen-bond acceptors (Lipinski definition) is 2. The van der Waals surface area contributed by atoms with Crippen molar-refractivity contribution < 1.29 is 4.79 Å². The van der Waals surface area contributed by atoms with Crippen molar-refractivity contribution in [2.24, 2.45) is 0 Å². The number of pyridine rings is 1. The summed E-state index contributed by atoms with van der Waals surface area (Å²) in [5.41, 5.74) is 1.03. The molecule has 1 radical (unpaired) electrons. The van der Waals surface area contributed by atoms with Gasteiger partial charge < -0.3 is 5.32 Å². The molecule has 0 aliphatic carbocycles. The van der Waals surface area contributed by atoms with Crippen LogP contribution in [0.25, 0.3) is 0 Å². The first-order chi connectivity index (χ1) is 5.25. The minimum absolute atomic E-state index is 0.150. The zero-order valence-corrected chi connectivity index (χ0v) is 6.29. The molecule has 11 heavy (non-hydrogen) atoms. The van der Waals surface area contributed by atoms with Crippen molar-refractivity contribution in [1.82, 2.24) is 10.3 Å². The van der Waals surface area contributed by atoms with E-state index in [0.29, 0.717) is 11.3 Å². The van der Waals surface area contributed by atoms with Gasteiger partial charge in [0.15, 0.2) is 0 Å². The molecule has 0 bridgehead atoms. The molecule has 1 heterocycles. The molecule has 0 aliphatic heterocycles. The lowest BCUT2D eigenvalue weighted by atomic mass is 10.2. The molecule has 3 nitrogen and oxygen atoms in total. The molecule has 0 unspecified atom stereocenters. The van der Waals surface area contributed by atoms with Crippen molar-refractivity contribution in [2.45, 2.75) is 0 Å². The number of carbonyl (C=O) groups excluding carboxylic acids is 1. The number of carbonyl (C=O) groups is 1. The molecule has 0 fully saturated rings. The van der Waals surface area contributed by atoms with E-state index in [9.17, 15) is 4.79 Å². The van der Waals surface area contributed by atoms with E-state index in [1.54, 1.807) is 25.4 Å². The highest BCUT2D eigenvalue weighted by Crippen LogP contribution is 2.01. The Hall–Kier alpha value is -1.38. The summed E-state index contributed by atoms with van der Waals surface area (Å²) in [6, 6.07) is 3.40. The van der Waals surface area contributed by atoms with Gasteiger partial charge in [0.2, 0.25) is 0 Å². The van der Waals surface area contributed by atoms with Gasteiger partial charge in [0, 0.05) is 13.2 Å². The predicted molar refractivity (Wildman–Crippen MR) is 42.1 cm³/mol. The zero-order chi connectivity index (χ0) is 8.27. The van der Waals surface area contributed by atoms with E-state index < -0.39 is 0 Å². The molecule has 1 aromatic rings. The highest BCUT2D eigenvalue weighted by Gasteiger charge is 2.05. The third-order valence-corrected chi connectivity index (χ3v) is 1.36. The van der Waals surface area contributed by atoms with Crippen LogP contribution in [-0.2, 0) is 0 Å². The number of nitrogens with one attached hydrogen (secondary N) is 1. The van der Waals surface area contributed by atoms with Gasteiger partial charge in [0.05, 0.1) is 11.3 Å². The van der Waals surface area contributed by atoms with Crippen LogP contribution in [0.5, 0.6) is 0 Å². The highest BCUT2D eigenvalue weighted by molar-refractivity contribution is 5.95. The molecule has 0 aliphatic rings. The second-order valence-electron chi connectivity index (χ2n) is 2.08. The SMILES string of the molecule is [CH2]c1ncccc1C(=O)NC. The van der Waals surface area contributed by atoms with Gasteiger partial charge in [-0.05, 0) is 19.1 Å². The molecule has 1 N–H and O–H groups in total. The fourth-order valence-corrected chi connectivity index (χ4v) is 0.779. The molecule has 0 saturated heterocycles. The van der Waals surface area contributed by atoms with Crippen LogP contribution in [-0.4, -0.2) is 17.9 Å². The van der Waals surface area contributed by atoms with Crippen molar-refractivity contribution in [3.8, 4) is 0 Å². The summed E-state index contributed by atoms with van der Waals surface area (Å²) in [5, 5.41) is 2.50. The van der Waals surface area contributed by atoms with Gasteiger partial charge in [-0.25, -0.2) is 0 Å². The number of hydrogen-bond donors (Lipinski definition) is 1. The molecule has 1 rings (SSSR count). The Morgan fingerprint density at radius 3 is 3.00 bits per heavy atom. The van der Waals surface area contributed by atoms with E-state index in [4.69, 9.17) is 0 Å². The lowest BCUT2D eigenvalue weighted by molar-refractivity contribution is 0.0962. The van der Waals surface area contributed by atoms with Gasteiger partial charge in [-0.3, -0.25) is 9.78 Å². The Morgan fingerprint density at radius 1 is 1.73 bits per heavy atom. The molecule has 0 spiro atoms. The van der Waals surface area contributed by atoms with E-state index in [0.717, 1.165) is 0 Å².